The highest BCUT2D eigenvalue weighted by molar-refractivity contribution is 6.21. The predicted octanol–water partition coefficient (Wildman–Crippen LogP) is 4.09. The molecule has 4 amide bonds. The molecule has 3 aliphatic rings. The number of benzene rings is 2. The number of hydrogen-bond acceptors (Lipinski definition) is 5. The summed E-state index contributed by atoms with van der Waals surface area (Å²) < 4.78 is 0. The van der Waals surface area contributed by atoms with Crippen molar-refractivity contribution in [3.63, 3.8) is 0 Å². The Balaban J connectivity index is 1.06. The van der Waals surface area contributed by atoms with Crippen molar-refractivity contribution in [3.05, 3.63) is 106 Å². The molecule has 2 aromatic carbocycles. The lowest BCUT2D eigenvalue weighted by Gasteiger charge is -2.26. The van der Waals surface area contributed by atoms with Crippen molar-refractivity contribution >= 4 is 41.1 Å². The number of aromatic nitrogens is 1. The Labute approximate surface area is 225 Å². The van der Waals surface area contributed by atoms with Crippen LogP contribution in [0.1, 0.15) is 55.8 Å². The Bertz CT molecular complexity index is 1540. The molecule has 0 saturated heterocycles. The predicted molar refractivity (Wildman–Crippen MR) is 146 cm³/mol. The van der Waals surface area contributed by atoms with Gasteiger partial charge in [0.15, 0.2) is 0 Å². The first kappa shape index (κ1) is 24.5. The number of anilines is 1. The fourth-order valence-corrected chi connectivity index (χ4v) is 5.16. The lowest BCUT2D eigenvalue weighted by molar-refractivity contribution is -0.125. The minimum Gasteiger partial charge on any atom is -0.335 e. The van der Waals surface area contributed by atoms with Crippen LogP contribution in [-0.4, -0.2) is 51.5 Å². The normalized spacial score (nSPS) is 16.7. The molecule has 1 N–H and O–H groups in total. The van der Waals surface area contributed by atoms with Crippen LogP contribution in [0.4, 0.5) is 5.82 Å². The van der Waals surface area contributed by atoms with E-state index in [0.717, 1.165) is 34.2 Å². The van der Waals surface area contributed by atoms with Crippen LogP contribution < -0.4 is 5.32 Å². The maximum atomic E-state index is 12.8. The number of hydrogen-bond donors (Lipinski definition) is 1. The van der Waals surface area contributed by atoms with Gasteiger partial charge in [0.1, 0.15) is 5.82 Å². The first-order valence-corrected chi connectivity index (χ1v) is 13.0. The van der Waals surface area contributed by atoms with E-state index in [1.54, 1.807) is 47.5 Å². The van der Waals surface area contributed by atoms with Crippen molar-refractivity contribution in [2.75, 3.05) is 18.4 Å². The molecule has 1 aromatic heterocycles. The van der Waals surface area contributed by atoms with Crippen LogP contribution in [0.2, 0.25) is 0 Å². The molecule has 0 fully saturated rings. The van der Waals surface area contributed by atoms with Crippen molar-refractivity contribution in [2.45, 2.75) is 25.8 Å². The zero-order chi connectivity index (χ0) is 26.9. The molecule has 4 heterocycles. The summed E-state index contributed by atoms with van der Waals surface area (Å²) in [6.45, 7) is 1.36. The second-order valence-corrected chi connectivity index (χ2v) is 9.86. The lowest BCUT2D eigenvalue weighted by atomic mass is 9.98. The lowest BCUT2D eigenvalue weighted by Crippen LogP contribution is -2.33. The SMILES string of the molecule is O=C1CCc2cc(C=CC(=O)N3CC=C(c4ccc(CN5C(=O)c6ccccc6C5=O)cc4)CC3)cnc2N1. The summed E-state index contributed by atoms with van der Waals surface area (Å²) in [7, 11) is 0. The van der Waals surface area contributed by atoms with Crippen LogP contribution in [0.5, 0.6) is 0 Å². The van der Waals surface area contributed by atoms with Gasteiger partial charge in [-0.25, -0.2) is 4.98 Å². The van der Waals surface area contributed by atoms with Gasteiger partial charge in [-0.2, -0.15) is 0 Å². The molecule has 0 radical (unpaired) electrons. The van der Waals surface area contributed by atoms with E-state index in [1.165, 1.54) is 4.90 Å². The molecule has 3 aliphatic heterocycles. The van der Waals surface area contributed by atoms with Gasteiger partial charge in [-0.15, -0.1) is 0 Å². The van der Waals surface area contributed by atoms with Gasteiger partial charge in [0.05, 0.1) is 17.7 Å². The number of carbonyl (C=O) groups is 4. The highest BCUT2D eigenvalue weighted by Gasteiger charge is 2.34. The fraction of sp³-hybridized carbons (Fsp3) is 0.194. The number of pyridine rings is 1. The van der Waals surface area contributed by atoms with E-state index in [1.807, 2.05) is 30.3 Å². The van der Waals surface area contributed by atoms with E-state index in [9.17, 15) is 19.2 Å². The van der Waals surface area contributed by atoms with Crippen molar-refractivity contribution in [2.24, 2.45) is 0 Å². The summed E-state index contributed by atoms with van der Waals surface area (Å²) in [5.74, 6) is -0.00860. The van der Waals surface area contributed by atoms with Crippen molar-refractivity contribution in [1.82, 2.24) is 14.8 Å². The van der Waals surface area contributed by atoms with Gasteiger partial charge < -0.3 is 10.2 Å². The molecule has 0 bridgehead atoms. The summed E-state index contributed by atoms with van der Waals surface area (Å²) in [6, 6.07) is 16.7. The monoisotopic (exact) mass is 518 g/mol. The standard InChI is InChI=1S/C31H26N4O4/c36-27-11-10-24-17-21(18-32-29(24)33-27)7-12-28(37)34-15-13-23(14-16-34)22-8-5-20(6-9-22)19-35-30(38)25-3-1-2-4-26(25)31(35)39/h1-9,12-13,17-18H,10-11,14-16,19H2,(H,32,33,36). The fourth-order valence-electron chi connectivity index (χ4n) is 5.16. The average molecular weight is 519 g/mol. The topological polar surface area (TPSA) is 99.7 Å². The number of nitrogens with zero attached hydrogens (tertiary/aromatic N) is 3. The molecular weight excluding hydrogens is 492 g/mol. The zero-order valence-electron chi connectivity index (χ0n) is 21.2. The quantitative estimate of drug-likeness (QED) is 0.405. The van der Waals surface area contributed by atoms with Crippen LogP contribution in [0.25, 0.3) is 11.6 Å². The number of carbonyl (C=O) groups excluding carboxylic acids is 4. The molecule has 8 heteroatoms. The summed E-state index contributed by atoms with van der Waals surface area (Å²) in [5, 5.41) is 2.76. The van der Waals surface area contributed by atoms with Crippen LogP contribution in [0.3, 0.4) is 0 Å². The first-order valence-electron chi connectivity index (χ1n) is 13.0. The number of amides is 4. The molecule has 0 aliphatic carbocycles. The highest BCUT2D eigenvalue weighted by Crippen LogP contribution is 2.27. The Morgan fingerprint density at radius 3 is 2.38 bits per heavy atom. The van der Waals surface area contributed by atoms with Crippen LogP contribution in [0.15, 0.2) is 72.9 Å². The summed E-state index contributed by atoms with van der Waals surface area (Å²) in [5.41, 5.74) is 5.82. The second kappa shape index (κ2) is 10.1. The minimum absolute atomic E-state index is 0.0247. The minimum atomic E-state index is -0.259. The van der Waals surface area contributed by atoms with E-state index in [4.69, 9.17) is 0 Å². The largest absolute Gasteiger partial charge is 0.335 e. The number of nitrogens with one attached hydrogen (secondary N) is 1. The van der Waals surface area contributed by atoms with Gasteiger partial charge in [0, 0.05) is 31.8 Å². The summed E-state index contributed by atoms with van der Waals surface area (Å²) in [6.07, 6.45) is 8.87. The molecule has 6 rings (SSSR count). The molecule has 39 heavy (non-hydrogen) atoms. The molecule has 8 nitrogen and oxygen atoms in total. The number of fused-ring (bicyclic) bond motifs is 2. The van der Waals surface area contributed by atoms with Crippen LogP contribution in [0, 0.1) is 0 Å². The molecular formula is C31H26N4O4. The number of rotatable bonds is 5. The van der Waals surface area contributed by atoms with Gasteiger partial charge in [-0.05, 0) is 64.9 Å². The van der Waals surface area contributed by atoms with E-state index in [-0.39, 0.29) is 30.2 Å². The van der Waals surface area contributed by atoms with Gasteiger partial charge in [0.2, 0.25) is 11.8 Å². The molecule has 3 aromatic rings. The molecule has 0 spiro atoms. The smallest absolute Gasteiger partial charge is 0.261 e. The van der Waals surface area contributed by atoms with Crippen molar-refractivity contribution < 1.29 is 19.2 Å². The summed E-state index contributed by atoms with van der Waals surface area (Å²) in [4.78, 5) is 56.9. The average Bonchev–Trinajstić information content (AvgIpc) is 3.21. The van der Waals surface area contributed by atoms with Gasteiger partial charge in [-0.1, -0.05) is 42.5 Å². The number of aryl methyl sites for hydroxylation is 1. The van der Waals surface area contributed by atoms with E-state index in [0.29, 0.717) is 42.9 Å². The third-order valence-corrected chi connectivity index (χ3v) is 7.35. The zero-order valence-corrected chi connectivity index (χ0v) is 21.2. The second-order valence-electron chi connectivity index (χ2n) is 9.86. The Hall–Kier alpha value is -4.85. The Morgan fingerprint density at radius 2 is 1.69 bits per heavy atom. The maximum absolute atomic E-state index is 12.8. The third kappa shape index (κ3) is 4.88. The van der Waals surface area contributed by atoms with Crippen LogP contribution in [-0.2, 0) is 22.6 Å². The van der Waals surface area contributed by atoms with Crippen LogP contribution >= 0.6 is 0 Å². The van der Waals surface area contributed by atoms with Gasteiger partial charge in [-0.3, -0.25) is 24.1 Å². The van der Waals surface area contributed by atoms with E-state index >= 15 is 0 Å². The van der Waals surface area contributed by atoms with E-state index in [2.05, 4.69) is 16.4 Å². The summed E-state index contributed by atoms with van der Waals surface area (Å²) >= 11 is 0. The van der Waals surface area contributed by atoms with Crippen molar-refractivity contribution in [1.29, 1.82) is 0 Å². The van der Waals surface area contributed by atoms with Gasteiger partial charge in [0.25, 0.3) is 11.8 Å². The Morgan fingerprint density at radius 1 is 0.949 bits per heavy atom. The Kier molecular flexibility index (Phi) is 6.36. The molecule has 0 saturated carbocycles. The molecule has 0 unspecified atom stereocenters. The third-order valence-electron chi connectivity index (χ3n) is 7.35. The van der Waals surface area contributed by atoms with E-state index < -0.39 is 0 Å². The van der Waals surface area contributed by atoms with Crippen molar-refractivity contribution in [3.8, 4) is 0 Å². The number of imide groups is 1. The highest BCUT2D eigenvalue weighted by atomic mass is 16.2. The first-order chi connectivity index (χ1) is 19.0. The van der Waals surface area contributed by atoms with Gasteiger partial charge >= 0.3 is 0 Å². The molecule has 0 atom stereocenters. The molecule has 194 valence electrons. The maximum Gasteiger partial charge on any atom is 0.261 e.